The fourth-order valence-corrected chi connectivity index (χ4v) is 4.57. The van der Waals surface area contributed by atoms with Crippen LogP contribution in [0.5, 0.6) is 0 Å². The number of hydrogen-bond donors (Lipinski definition) is 0. The number of rotatable bonds is 6. The van der Waals surface area contributed by atoms with Gasteiger partial charge in [-0.3, -0.25) is 14.0 Å². The molecule has 0 saturated carbocycles. The number of benzene rings is 2. The van der Waals surface area contributed by atoms with Gasteiger partial charge in [-0.2, -0.15) is 5.10 Å². The zero-order valence-corrected chi connectivity index (χ0v) is 18.2. The Labute approximate surface area is 182 Å². The molecular weight excluding hydrogens is 423 g/mol. The number of halogens is 2. The van der Waals surface area contributed by atoms with Gasteiger partial charge in [0, 0.05) is 17.3 Å². The fourth-order valence-electron chi connectivity index (χ4n) is 3.30. The first-order valence-electron chi connectivity index (χ1n) is 9.56. The predicted molar refractivity (Wildman–Crippen MR) is 119 cm³/mol. The molecule has 8 heteroatoms. The second kappa shape index (κ2) is 8.62. The maximum absolute atomic E-state index is 13.4. The van der Waals surface area contributed by atoms with E-state index in [0.29, 0.717) is 40.1 Å². The third-order valence-electron chi connectivity index (χ3n) is 4.85. The number of aryl methyl sites for hydroxylation is 2. The Bertz CT molecular complexity index is 1270. The summed E-state index contributed by atoms with van der Waals surface area (Å²) >= 11 is 7.74. The highest BCUT2D eigenvalue weighted by Crippen LogP contribution is 2.27. The van der Waals surface area contributed by atoms with Crippen LogP contribution in [-0.4, -0.2) is 19.3 Å². The van der Waals surface area contributed by atoms with Crippen LogP contribution in [0.4, 0.5) is 4.39 Å². The van der Waals surface area contributed by atoms with Gasteiger partial charge in [-0.1, -0.05) is 53.7 Å². The maximum atomic E-state index is 13.4. The van der Waals surface area contributed by atoms with Crippen LogP contribution >= 0.6 is 23.4 Å². The summed E-state index contributed by atoms with van der Waals surface area (Å²) in [6.07, 6.45) is 0. The summed E-state index contributed by atoms with van der Waals surface area (Å²) in [6.45, 7) is 4.66. The highest BCUT2D eigenvalue weighted by Gasteiger charge is 2.18. The first-order chi connectivity index (χ1) is 14.5. The lowest BCUT2D eigenvalue weighted by Gasteiger charge is -2.13. The van der Waals surface area contributed by atoms with Crippen molar-refractivity contribution >= 4 is 34.4 Å². The van der Waals surface area contributed by atoms with Crippen LogP contribution in [0.3, 0.4) is 0 Å². The van der Waals surface area contributed by atoms with Crippen molar-refractivity contribution in [3.05, 3.63) is 86.5 Å². The number of aromatic nitrogens is 4. The minimum absolute atomic E-state index is 0.159. The molecule has 154 valence electrons. The third kappa shape index (κ3) is 4.00. The lowest BCUT2D eigenvalue weighted by atomic mass is 10.2. The van der Waals surface area contributed by atoms with Crippen molar-refractivity contribution in [1.29, 1.82) is 0 Å². The summed E-state index contributed by atoms with van der Waals surface area (Å²) in [5.41, 5.74) is 3.44. The van der Waals surface area contributed by atoms with E-state index in [-0.39, 0.29) is 11.4 Å². The molecule has 0 spiro atoms. The maximum Gasteiger partial charge on any atom is 0.280 e. The van der Waals surface area contributed by atoms with Crippen molar-refractivity contribution in [2.75, 3.05) is 0 Å². The lowest BCUT2D eigenvalue weighted by molar-refractivity contribution is 0.620. The number of hydrogen-bond acceptors (Lipinski definition) is 4. The first-order valence-corrected chi connectivity index (χ1v) is 10.9. The second-order valence-electron chi connectivity index (χ2n) is 6.89. The molecule has 4 aromatic rings. The average molecular weight is 443 g/mol. The van der Waals surface area contributed by atoms with E-state index in [4.69, 9.17) is 16.6 Å². The van der Waals surface area contributed by atoms with Crippen molar-refractivity contribution in [1.82, 2.24) is 19.3 Å². The average Bonchev–Trinajstić information content (AvgIpc) is 3.07. The molecule has 0 bridgehead atoms. The molecule has 0 aliphatic rings. The zero-order valence-electron chi connectivity index (χ0n) is 16.6. The summed E-state index contributed by atoms with van der Waals surface area (Å²) in [7, 11) is 0. The molecule has 30 heavy (non-hydrogen) atoms. The molecule has 2 aromatic heterocycles. The summed E-state index contributed by atoms with van der Waals surface area (Å²) in [4.78, 5) is 18.2. The van der Waals surface area contributed by atoms with Crippen LogP contribution in [-0.2, 0) is 18.8 Å². The smallest absolute Gasteiger partial charge is 0.280 e. The Morgan fingerprint density at radius 3 is 2.57 bits per heavy atom. The van der Waals surface area contributed by atoms with Gasteiger partial charge in [-0.25, -0.2) is 9.37 Å². The van der Waals surface area contributed by atoms with Crippen LogP contribution in [0.15, 0.2) is 58.5 Å². The van der Waals surface area contributed by atoms with E-state index in [1.54, 1.807) is 21.4 Å². The van der Waals surface area contributed by atoms with Gasteiger partial charge in [0.2, 0.25) is 0 Å². The Balaban J connectivity index is 1.81. The molecule has 0 radical (unpaired) electrons. The molecular formula is C22H20ClFN4OS. The van der Waals surface area contributed by atoms with Crippen LogP contribution in [0.25, 0.3) is 11.0 Å². The van der Waals surface area contributed by atoms with Crippen LogP contribution in [0.1, 0.15) is 23.7 Å². The molecule has 0 aliphatic heterocycles. The van der Waals surface area contributed by atoms with E-state index in [0.717, 1.165) is 16.8 Å². The van der Waals surface area contributed by atoms with E-state index in [9.17, 15) is 9.18 Å². The van der Waals surface area contributed by atoms with Crippen molar-refractivity contribution in [3.63, 3.8) is 0 Å². The first kappa shape index (κ1) is 20.6. The molecule has 0 unspecified atom stereocenters. The fraction of sp³-hybridized carbons (Fsp3) is 0.227. The second-order valence-corrected chi connectivity index (χ2v) is 8.24. The zero-order chi connectivity index (χ0) is 21.3. The Hall–Kier alpha value is -2.64. The minimum Gasteiger partial charge on any atom is -0.281 e. The van der Waals surface area contributed by atoms with E-state index in [2.05, 4.69) is 5.10 Å². The van der Waals surface area contributed by atoms with Gasteiger partial charge in [0.15, 0.2) is 10.7 Å². The Kier molecular flexibility index (Phi) is 5.92. The Morgan fingerprint density at radius 2 is 1.87 bits per heavy atom. The minimum atomic E-state index is -0.312. The molecule has 0 amide bonds. The van der Waals surface area contributed by atoms with Crippen molar-refractivity contribution in [2.24, 2.45) is 0 Å². The van der Waals surface area contributed by atoms with Gasteiger partial charge in [0.25, 0.3) is 5.56 Å². The molecule has 0 saturated heterocycles. The highest BCUT2D eigenvalue weighted by atomic mass is 35.5. The molecule has 0 atom stereocenters. The number of thioether (sulfide) groups is 1. The van der Waals surface area contributed by atoms with Crippen LogP contribution in [0, 0.1) is 12.7 Å². The Morgan fingerprint density at radius 1 is 1.13 bits per heavy atom. The van der Waals surface area contributed by atoms with Crippen LogP contribution in [0.2, 0.25) is 5.02 Å². The van der Waals surface area contributed by atoms with Crippen molar-refractivity contribution in [3.8, 4) is 0 Å². The van der Waals surface area contributed by atoms with E-state index in [1.165, 1.54) is 23.9 Å². The van der Waals surface area contributed by atoms with Gasteiger partial charge in [-0.15, -0.1) is 0 Å². The van der Waals surface area contributed by atoms with Gasteiger partial charge < -0.3 is 0 Å². The summed E-state index contributed by atoms with van der Waals surface area (Å²) < 4.78 is 16.6. The topological polar surface area (TPSA) is 52.7 Å². The predicted octanol–water partition coefficient (Wildman–Crippen LogP) is 5.05. The van der Waals surface area contributed by atoms with Crippen molar-refractivity contribution < 1.29 is 4.39 Å². The molecule has 5 nitrogen and oxygen atoms in total. The normalized spacial score (nSPS) is 11.3. The van der Waals surface area contributed by atoms with Crippen LogP contribution < -0.4 is 5.56 Å². The SMILES string of the molecule is CCn1nc(C)c2nc(SCc3ccccc3Cl)n(Cc3ccc(F)cc3)c(=O)c21. The third-order valence-corrected chi connectivity index (χ3v) is 6.24. The quantitative estimate of drug-likeness (QED) is 0.309. The van der Waals surface area contributed by atoms with Gasteiger partial charge >= 0.3 is 0 Å². The number of fused-ring (bicyclic) bond motifs is 1. The molecule has 2 heterocycles. The summed E-state index contributed by atoms with van der Waals surface area (Å²) in [5.74, 6) is 0.259. The summed E-state index contributed by atoms with van der Waals surface area (Å²) in [5, 5.41) is 5.72. The van der Waals surface area contributed by atoms with E-state index < -0.39 is 0 Å². The summed E-state index contributed by atoms with van der Waals surface area (Å²) in [6, 6.07) is 13.7. The standard InChI is InChI=1S/C22H20ClFN4OS/c1-3-28-20-19(14(2)26-28)25-22(30-13-16-6-4-5-7-18(16)23)27(21(20)29)12-15-8-10-17(24)11-9-15/h4-11H,3,12-13H2,1-2H3. The molecule has 2 aromatic carbocycles. The molecule has 4 rings (SSSR count). The molecule has 0 aliphatic carbocycles. The molecule has 0 N–H and O–H groups in total. The van der Waals surface area contributed by atoms with Gasteiger partial charge in [0.1, 0.15) is 11.3 Å². The lowest BCUT2D eigenvalue weighted by Crippen LogP contribution is -2.25. The van der Waals surface area contributed by atoms with E-state index >= 15 is 0 Å². The van der Waals surface area contributed by atoms with E-state index in [1.807, 2.05) is 38.1 Å². The van der Waals surface area contributed by atoms with Crippen molar-refractivity contribution in [2.45, 2.75) is 37.8 Å². The van der Waals surface area contributed by atoms with Gasteiger partial charge in [-0.05, 0) is 43.2 Å². The highest BCUT2D eigenvalue weighted by molar-refractivity contribution is 7.98. The number of nitrogens with zero attached hydrogens (tertiary/aromatic N) is 4. The monoisotopic (exact) mass is 442 g/mol. The van der Waals surface area contributed by atoms with Gasteiger partial charge in [0.05, 0.1) is 12.2 Å². The molecule has 0 fully saturated rings. The largest absolute Gasteiger partial charge is 0.281 e.